The van der Waals surface area contributed by atoms with Crippen molar-refractivity contribution in [2.75, 3.05) is 20.2 Å². The molecule has 2 nitrogen and oxygen atoms in total. The Bertz CT molecular complexity index is 295. The number of unbranched alkanes of at least 4 members (excludes halogenated alkanes) is 8. The van der Waals surface area contributed by atoms with Gasteiger partial charge in [-0.05, 0) is 6.42 Å². The molecular weight excluding hydrogens is 291 g/mol. The highest BCUT2D eigenvalue weighted by molar-refractivity contribution is 5.71. The van der Waals surface area contributed by atoms with Gasteiger partial charge in [-0.2, -0.15) is 13.2 Å². The molecule has 1 aliphatic rings. The second kappa shape index (κ2) is 12.8. The van der Waals surface area contributed by atoms with Crippen LogP contribution in [0.4, 0.5) is 13.2 Å². The maximum Gasteiger partial charge on any atom is 0.386 e. The number of likely N-dealkylation sites (N-methyl/N-ethyl adjacent to an activating group) is 1. The van der Waals surface area contributed by atoms with E-state index in [1.807, 2.05) is 0 Å². The fraction of sp³-hybridized carbons (Fsp3) is 0.941. The second-order valence-electron chi connectivity index (χ2n) is 6.02. The van der Waals surface area contributed by atoms with Crippen molar-refractivity contribution in [3.05, 3.63) is 0 Å². The summed E-state index contributed by atoms with van der Waals surface area (Å²) in [6.07, 6.45) is 9.74. The normalized spacial score (nSPS) is 14.6. The summed E-state index contributed by atoms with van der Waals surface area (Å²) < 4.78 is 38.9. The Kier molecular flexibility index (Phi) is 12.3. The van der Waals surface area contributed by atoms with Crippen LogP contribution in [0.2, 0.25) is 0 Å². The number of hydrogen-bond acceptors (Lipinski definition) is 1. The molecule has 0 aliphatic carbocycles. The van der Waals surface area contributed by atoms with Crippen molar-refractivity contribution in [1.82, 2.24) is 0 Å². The zero-order valence-electron chi connectivity index (χ0n) is 14.5. The molecule has 0 bridgehead atoms. The van der Waals surface area contributed by atoms with Gasteiger partial charge in [-0.25, -0.2) is 4.58 Å². The number of rotatable bonds is 10. The molecule has 1 rings (SSSR count). The van der Waals surface area contributed by atoms with E-state index in [4.69, 9.17) is 4.74 Å². The Hall–Kier alpha value is -0.740. The van der Waals surface area contributed by atoms with E-state index in [0.29, 0.717) is 0 Å². The molecule has 0 aromatic rings. The predicted molar refractivity (Wildman–Crippen MR) is 85.6 cm³/mol. The minimum Gasteiger partial charge on any atom is -0.441 e. The molecule has 0 aromatic heterocycles. The van der Waals surface area contributed by atoms with Gasteiger partial charge in [0.1, 0.15) is 7.05 Å². The van der Waals surface area contributed by atoms with Gasteiger partial charge in [0.05, 0.1) is 6.42 Å². The minimum absolute atomic E-state index is 0.188. The zero-order chi connectivity index (χ0) is 16.8. The molecule has 0 saturated carbocycles. The van der Waals surface area contributed by atoms with Crippen LogP contribution >= 0.6 is 0 Å². The van der Waals surface area contributed by atoms with Crippen molar-refractivity contribution in [1.29, 1.82) is 0 Å². The summed E-state index contributed by atoms with van der Waals surface area (Å²) in [5.41, 5.74) is 0. The lowest BCUT2D eigenvalue weighted by molar-refractivity contribution is -0.488. The maximum atomic E-state index is 10.4. The molecule has 0 aromatic carbocycles. The Labute approximate surface area is 133 Å². The lowest BCUT2D eigenvalue weighted by atomic mass is 10.1. The summed E-state index contributed by atoms with van der Waals surface area (Å²) in [4.78, 5) is 0. The van der Waals surface area contributed by atoms with Crippen LogP contribution in [0.1, 0.15) is 78.1 Å². The molecule has 22 heavy (non-hydrogen) atoms. The summed E-state index contributed by atoms with van der Waals surface area (Å²) in [7, 11) is 2.13. The first-order valence-electron chi connectivity index (χ1n) is 8.61. The Balaban J connectivity index is 0.000000763. The van der Waals surface area contributed by atoms with Crippen molar-refractivity contribution in [2.24, 2.45) is 0 Å². The van der Waals surface area contributed by atoms with E-state index in [0.717, 1.165) is 19.6 Å². The molecule has 0 unspecified atom stereocenters. The summed E-state index contributed by atoms with van der Waals surface area (Å²) in [5.74, 6) is 1.22. The first-order valence-corrected chi connectivity index (χ1v) is 8.61. The fourth-order valence-electron chi connectivity index (χ4n) is 2.39. The number of nitrogens with zero attached hydrogens (tertiary/aromatic N) is 1. The Morgan fingerprint density at radius 3 is 1.82 bits per heavy atom. The summed E-state index contributed by atoms with van der Waals surface area (Å²) in [5, 5.41) is 0. The lowest BCUT2D eigenvalue weighted by Gasteiger charge is -2.01. The molecule has 0 amide bonds. The number of hydrogen-bond donors (Lipinski definition) is 0. The van der Waals surface area contributed by atoms with Gasteiger partial charge in [-0.1, -0.05) is 58.3 Å². The lowest BCUT2D eigenvalue weighted by Crippen LogP contribution is -2.10. The molecular formula is C17H33F3NO+. The van der Waals surface area contributed by atoms with Crippen molar-refractivity contribution in [3.63, 3.8) is 0 Å². The summed E-state index contributed by atoms with van der Waals surface area (Å²) >= 11 is 0. The van der Waals surface area contributed by atoms with Crippen LogP contribution < -0.4 is 0 Å². The van der Waals surface area contributed by atoms with Crippen molar-refractivity contribution < 1.29 is 22.5 Å². The number of halogens is 3. The van der Waals surface area contributed by atoms with Crippen molar-refractivity contribution in [2.45, 2.75) is 84.2 Å². The van der Waals surface area contributed by atoms with Gasteiger partial charge in [0.25, 0.3) is 0 Å². The zero-order valence-corrected chi connectivity index (χ0v) is 14.5. The minimum atomic E-state index is -4.00. The third-order valence-electron chi connectivity index (χ3n) is 3.62. The molecule has 0 N–H and O–H groups in total. The van der Waals surface area contributed by atoms with Gasteiger partial charge in [-0.15, -0.1) is 0 Å². The van der Waals surface area contributed by atoms with E-state index in [2.05, 4.69) is 18.5 Å². The van der Waals surface area contributed by atoms with E-state index in [-0.39, 0.29) is 6.92 Å². The van der Waals surface area contributed by atoms with Crippen LogP contribution in [-0.2, 0) is 4.74 Å². The second-order valence-corrected chi connectivity index (χ2v) is 6.02. The topological polar surface area (TPSA) is 12.2 Å². The standard InChI is InChI=1S/C15H30NO.C2H3F3/c1-3-4-5-6-7-8-9-10-11-12-15-16(2)13-14-17-15;1-2(3,4)5/h3-14H2,1-2H3;1H3/q+1;. The van der Waals surface area contributed by atoms with Gasteiger partial charge in [0, 0.05) is 6.92 Å². The Morgan fingerprint density at radius 2 is 1.41 bits per heavy atom. The molecule has 132 valence electrons. The highest BCUT2D eigenvalue weighted by Gasteiger charge is 2.18. The quantitative estimate of drug-likeness (QED) is 0.379. The maximum absolute atomic E-state index is 10.4. The first kappa shape index (κ1) is 21.3. The third kappa shape index (κ3) is 15.6. The van der Waals surface area contributed by atoms with Crippen LogP contribution in [-0.4, -0.2) is 36.8 Å². The molecule has 1 aliphatic heterocycles. The largest absolute Gasteiger partial charge is 0.441 e. The van der Waals surface area contributed by atoms with Gasteiger partial charge in [0.2, 0.25) is 0 Å². The molecule has 0 saturated heterocycles. The average molecular weight is 324 g/mol. The summed E-state index contributed by atoms with van der Waals surface area (Å²) in [6, 6.07) is 0. The van der Waals surface area contributed by atoms with Gasteiger partial charge < -0.3 is 4.74 Å². The van der Waals surface area contributed by atoms with Crippen LogP contribution in [0.5, 0.6) is 0 Å². The van der Waals surface area contributed by atoms with Crippen LogP contribution in [0.15, 0.2) is 0 Å². The van der Waals surface area contributed by atoms with E-state index in [9.17, 15) is 13.2 Å². The van der Waals surface area contributed by atoms with E-state index < -0.39 is 6.18 Å². The third-order valence-corrected chi connectivity index (χ3v) is 3.62. The highest BCUT2D eigenvalue weighted by atomic mass is 19.4. The average Bonchev–Trinajstić information content (AvgIpc) is 2.81. The first-order chi connectivity index (χ1) is 10.3. The summed E-state index contributed by atoms with van der Waals surface area (Å²) in [6.45, 7) is 4.43. The van der Waals surface area contributed by atoms with Gasteiger partial charge in [0.15, 0.2) is 13.2 Å². The van der Waals surface area contributed by atoms with Crippen molar-refractivity contribution >= 4 is 5.90 Å². The molecule has 0 fully saturated rings. The molecule has 0 spiro atoms. The molecule has 1 heterocycles. The smallest absolute Gasteiger partial charge is 0.386 e. The van der Waals surface area contributed by atoms with E-state index >= 15 is 0 Å². The van der Waals surface area contributed by atoms with Crippen LogP contribution in [0.25, 0.3) is 0 Å². The fourth-order valence-corrected chi connectivity index (χ4v) is 2.39. The number of alkyl halides is 3. The predicted octanol–water partition coefficient (Wildman–Crippen LogP) is 5.55. The van der Waals surface area contributed by atoms with Crippen molar-refractivity contribution in [3.8, 4) is 0 Å². The molecule has 0 radical (unpaired) electrons. The monoisotopic (exact) mass is 324 g/mol. The highest BCUT2D eigenvalue weighted by Crippen LogP contribution is 2.12. The molecule has 0 atom stereocenters. The Morgan fingerprint density at radius 1 is 0.955 bits per heavy atom. The SMILES string of the molecule is CC(F)(F)F.CCCCCCCCCCCC1=[N+](C)CCO1. The van der Waals surface area contributed by atoms with E-state index in [1.165, 1.54) is 63.7 Å². The van der Waals surface area contributed by atoms with Crippen LogP contribution in [0.3, 0.4) is 0 Å². The number of ether oxygens (including phenoxy) is 1. The molecule has 5 heteroatoms. The van der Waals surface area contributed by atoms with Gasteiger partial charge in [-0.3, -0.25) is 0 Å². The van der Waals surface area contributed by atoms with Crippen LogP contribution in [0, 0.1) is 0 Å². The van der Waals surface area contributed by atoms with Gasteiger partial charge >= 0.3 is 12.1 Å². The van der Waals surface area contributed by atoms with E-state index in [1.54, 1.807) is 0 Å².